The number of hydrogen-bond donors (Lipinski definition) is 2. The number of anilines is 1. The van der Waals surface area contributed by atoms with Gasteiger partial charge in [-0.15, -0.1) is 0 Å². The van der Waals surface area contributed by atoms with Crippen molar-refractivity contribution in [2.45, 2.75) is 19.9 Å². The fourth-order valence-corrected chi connectivity index (χ4v) is 3.41. The Morgan fingerprint density at radius 3 is 2.10 bits per heavy atom. The van der Waals surface area contributed by atoms with Crippen molar-refractivity contribution in [3.8, 4) is 0 Å². The van der Waals surface area contributed by atoms with Crippen molar-refractivity contribution in [3.63, 3.8) is 0 Å². The second-order valence-corrected chi connectivity index (χ2v) is 7.83. The first-order chi connectivity index (χ1) is 14.0. The molecule has 0 aliphatic rings. The maximum Gasteiger partial charge on any atom is 0.246 e. The topological polar surface area (TPSA) is 58.2 Å². The van der Waals surface area contributed by atoms with E-state index in [1.54, 1.807) is 12.1 Å². The van der Waals surface area contributed by atoms with Gasteiger partial charge in [-0.3, -0.25) is 14.9 Å². The number of hydrogen-bond acceptors (Lipinski definition) is 3. The number of Topliss-reactive ketones (excluding diaryl/α,β-unsaturated/α-hetero) is 1. The number of halogens is 1. The first kappa shape index (κ1) is 21.0. The lowest BCUT2D eigenvalue weighted by molar-refractivity contribution is -0.118. The fourth-order valence-electron chi connectivity index (χ4n) is 3.15. The third-order valence-electron chi connectivity index (χ3n) is 4.76. The normalized spacial score (nSPS) is 11.7. The standard InChI is InChI=1S/C24H23BrN2O2/c1-16-7-6-8-17(2)22(16)27-24(29)23(19-9-4-3-5-10-19)26-15-21(28)18-11-13-20(25)14-12-18/h3-14,23,26H,15H2,1-2H3,(H,27,29). The minimum atomic E-state index is -0.644. The molecule has 1 amide bonds. The molecule has 0 aliphatic heterocycles. The number of carbonyl (C=O) groups is 2. The lowest BCUT2D eigenvalue weighted by Gasteiger charge is -2.20. The van der Waals surface area contributed by atoms with E-state index < -0.39 is 6.04 Å². The lowest BCUT2D eigenvalue weighted by atomic mass is 10.0. The van der Waals surface area contributed by atoms with Crippen molar-refractivity contribution < 1.29 is 9.59 Å². The summed E-state index contributed by atoms with van der Waals surface area (Å²) >= 11 is 3.37. The van der Waals surface area contributed by atoms with Crippen molar-refractivity contribution in [2.24, 2.45) is 0 Å². The summed E-state index contributed by atoms with van der Waals surface area (Å²) in [6, 6.07) is 21.9. The molecule has 0 fully saturated rings. The summed E-state index contributed by atoms with van der Waals surface area (Å²) in [5.41, 5.74) is 4.20. The van der Waals surface area contributed by atoms with E-state index in [2.05, 4.69) is 26.6 Å². The van der Waals surface area contributed by atoms with Gasteiger partial charge in [0.2, 0.25) is 5.91 Å². The monoisotopic (exact) mass is 450 g/mol. The van der Waals surface area contributed by atoms with Gasteiger partial charge in [0.15, 0.2) is 5.78 Å². The SMILES string of the molecule is Cc1cccc(C)c1NC(=O)C(NCC(=O)c1ccc(Br)cc1)c1ccccc1. The molecule has 0 saturated carbocycles. The van der Waals surface area contributed by atoms with Crippen LogP contribution in [0, 0.1) is 13.8 Å². The van der Waals surface area contributed by atoms with E-state index in [1.165, 1.54) is 0 Å². The van der Waals surface area contributed by atoms with Crippen LogP contribution in [0.15, 0.2) is 77.3 Å². The van der Waals surface area contributed by atoms with Gasteiger partial charge in [-0.2, -0.15) is 0 Å². The van der Waals surface area contributed by atoms with E-state index in [-0.39, 0.29) is 18.2 Å². The number of ketones is 1. The first-order valence-corrected chi connectivity index (χ1v) is 10.2. The Bertz CT molecular complexity index is 981. The van der Waals surface area contributed by atoms with Gasteiger partial charge in [0.25, 0.3) is 0 Å². The number of rotatable bonds is 7. The van der Waals surface area contributed by atoms with Crippen LogP contribution in [0.25, 0.3) is 0 Å². The van der Waals surface area contributed by atoms with Gasteiger partial charge in [-0.25, -0.2) is 0 Å². The molecule has 2 N–H and O–H groups in total. The molecular weight excluding hydrogens is 428 g/mol. The van der Waals surface area contributed by atoms with Crippen molar-refractivity contribution in [1.29, 1.82) is 0 Å². The first-order valence-electron chi connectivity index (χ1n) is 9.40. The fraction of sp³-hybridized carbons (Fsp3) is 0.167. The molecule has 0 radical (unpaired) electrons. The molecule has 0 spiro atoms. The highest BCUT2D eigenvalue weighted by Gasteiger charge is 2.22. The highest BCUT2D eigenvalue weighted by molar-refractivity contribution is 9.10. The van der Waals surface area contributed by atoms with Crippen LogP contribution < -0.4 is 10.6 Å². The van der Waals surface area contributed by atoms with Crippen LogP contribution in [-0.4, -0.2) is 18.2 Å². The summed E-state index contributed by atoms with van der Waals surface area (Å²) in [7, 11) is 0. The molecule has 0 aromatic heterocycles. The average Bonchev–Trinajstić information content (AvgIpc) is 2.72. The average molecular weight is 451 g/mol. The van der Waals surface area contributed by atoms with E-state index in [0.29, 0.717) is 5.56 Å². The van der Waals surface area contributed by atoms with Crippen LogP contribution in [-0.2, 0) is 4.79 Å². The summed E-state index contributed by atoms with van der Waals surface area (Å²) in [6.45, 7) is 3.98. The van der Waals surface area contributed by atoms with Gasteiger partial charge in [-0.1, -0.05) is 76.6 Å². The Hall–Kier alpha value is -2.76. The summed E-state index contributed by atoms with van der Waals surface area (Å²) in [5.74, 6) is -0.268. The smallest absolute Gasteiger partial charge is 0.246 e. The van der Waals surface area contributed by atoms with Gasteiger partial charge in [0, 0.05) is 15.7 Å². The minimum Gasteiger partial charge on any atom is -0.324 e. The molecule has 4 nitrogen and oxygen atoms in total. The van der Waals surface area contributed by atoms with Crippen LogP contribution in [0.2, 0.25) is 0 Å². The predicted molar refractivity (Wildman–Crippen MR) is 120 cm³/mol. The van der Waals surface area contributed by atoms with E-state index in [9.17, 15) is 9.59 Å². The Labute approximate surface area is 179 Å². The lowest BCUT2D eigenvalue weighted by Crippen LogP contribution is -2.36. The Balaban J connectivity index is 1.79. The molecular formula is C24H23BrN2O2. The maximum absolute atomic E-state index is 13.1. The van der Waals surface area contributed by atoms with Gasteiger partial charge >= 0.3 is 0 Å². The summed E-state index contributed by atoms with van der Waals surface area (Å²) in [4.78, 5) is 25.7. The molecule has 0 aliphatic carbocycles. The largest absolute Gasteiger partial charge is 0.324 e. The molecule has 1 unspecified atom stereocenters. The zero-order chi connectivity index (χ0) is 20.8. The van der Waals surface area contributed by atoms with Gasteiger partial charge < -0.3 is 5.32 Å². The highest BCUT2D eigenvalue weighted by atomic mass is 79.9. The van der Waals surface area contributed by atoms with Gasteiger partial charge in [0.05, 0.1) is 6.54 Å². The van der Waals surface area contributed by atoms with E-state index in [4.69, 9.17) is 0 Å². The van der Waals surface area contributed by atoms with Gasteiger partial charge in [0.1, 0.15) is 6.04 Å². The van der Waals surface area contributed by atoms with Crippen molar-refractivity contribution in [3.05, 3.63) is 99.5 Å². The third kappa shape index (κ3) is 5.40. The Morgan fingerprint density at radius 1 is 0.862 bits per heavy atom. The van der Waals surface area contributed by atoms with Crippen LogP contribution in [0.1, 0.15) is 33.1 Å². The molecule has 5 heteroatoms. The molecule has 0 bridgehead atoms. The molecule has 29 heavy (non-hydrogen) atoms. The van der Waals surface area contributed by atoms with E-state index >= 15 is 0 Å². The van der Waals surface area contributed by atoms with Gasteiger partial charge in [-0.05, 0) is 42.7 Å². The second-order valence-electron chi connectivity index (χ2n) is 6.91. The maximum atomic E-state index is 13.1. The number of nitrogens with one attached hydrogen (secondary N) is 2. The zero-order valence-corrected chi connectivity index (χ0v) is 18.0. The van der Waals surface area contributed by atoms with Crippen LogP contribution in [0.4, 0.5) is 5.69 Å². The Kier molecular flexibility index (Phi) is 6.96. The number of benzene rings is 3. The molecule has 3 aromatic rings. The molecule has 0 saturated heterocycles. The summed E-state index contributed by atoms with van der Waals surface area (Å²) in [6.07, 6.45) is 0. The molecule has 3 rings (SSSR count). The molecule has 0 heterocycles. The zero-order valence-electron chi connectivity index (χ0n) is 16.4. The van der Waals surface area contributed by atoms with E-state index in [1.807, 2.05) is 74.5 Å². The number of para-hydroxylation sites is 1. The number of aryl methyl sites for hydroxylation is 2. The third-order valence-corrected chi connectivity index (χ3v) is 5.29. The molecule has 148 valence electrons. The molecule has 1 atom stereocenters. The van der Waals surface area contributed by atoms with Crippen molar-refractivity contribution in [1.82, 2.24) is 5.32 Å². The molecule has 3 aromatic carbocycles. The number of amides is 1. The van der Waals surface area contributed by atoms with Crippen molar-refractivity contribution in [2.75, 3.05) is 11.9 Å². The van der Waals surface area contributed by atoms with Crippen LogP contribution in [0.5, 0.6) is 0 Å². The Morgan fingerprint density at radius 2 is 1.48 bits per heavy atom. The summed E-state index contributed by atoms with van der Waals surface area (Å²) in [5, 5.41) is 6.16. The van der Waals surface area contributed by atoms with Crippen LogP contribution >= 0.6 is 15.9 Å². The predicted octanol–water partition coefficient (Wildman–Crippen LogP) is 5.22. The van der Waals surface area contributed by atoms with Crippen molar-refractivity contribution >= 4 is 33.3 Å². The highest BCUT2D eigenvalue weighted by Crippen LogP contribution is 2.22. The summed E-state index contributed by atoms with van der Waals surface area (Å²) < 4.78 is 0.914. The quantitative estimate of drug-likeness (QED) is 0.485. The van der Waals surface area contributed by atoms with E-state index in [0.717, 1.165) is 26.9 Å². The second kappa shape index (κ2) is 9.63. The minimum absolute atomic E-state index is 0.0569. The number of carbonyl (C=O) groups excluding carboxylic acids is 2. The van der Waals surface area contributed by atoms with Crippen LogP contribution in [0.3, 0.4) is 0 Å².